The molecule has 0 radical (unpaired) electrons. The van der Waals surface area contributed by atoms with Crippen LogP contribution in [0.25, 0.3) is 0 Å². The van der Waals surface area contributed by atoms with Gasteiger partial charge in [-0.15, -0.1) is 0 Å². The van der Waals surface area contributed by atoms with E-state index >= 15 is 0 Å². The fourth-order valence-electron chi connectivity index (χ4n) is 1.67. The molecule has 0 saturated heterocycles. The summed E-state index contributed by atoms with van der Waals surface area (Å²) in [6.07, 6.45) is 0.704. The number of hydrogen-bond donors (Lipinski definition) is 2. The van der Waals surface area contributed by atoms with Crippen LogP contribution < -0.4 is 5.32 Å². The minimum atomic E-state index is -0.987. The molecule has 0 aliphatic rings. The smallest absolute Gasteiger partial charge is 0.326 e. The van der Waals surface area contributed by atoms with Crippen LogP contribution in [0.4, 0.5) is 4.79 Å². The van der Waals surface area contributed by atoms with Gasteiger partial charge in [-0.05, 0) is 18.3 Å². The molecule has 0 heterocycles. The number of carbonyl (C=O) groups excluding carboxylic acids is 1. The minimum Gasteiger partial charge on any atom is -0.480 e. The fourth-order valence-corrected chi connectivity index (χ4v) is 1.67. The van der Waals surface area contributed by atoms with Crippen LogP contribution in [-0.2, 0) is 4.79 Å². The van der Waals surface area contributed by atoms with Crippen LogP contribution in [-0.4, -0.2) is 41.1 Å². The van der Waals surface area contributed by atoms with Crippen molar-refractivity contribution in [1.29, 1.82) is 0 Å². The maximum Gasteiger partial charge on any atom is 0.326 e. The molecule has 0 aliphatic carbocycles. The molecule has 5 nitrogen and oxygen atoms in total. The molecule has 0 rings (SSSR count). The minimum absolute atomic E-state index is 0.0128. The Morgan fingerprint density at radius 3 is 2.05 bits per heavy atom. The third-order valence-corrected chi connectivity index (χ3v) is 3.91. The summed E-state index contributed by atoms with van der Waals surface area (Å²) in [4.78, 5) is 24.9. The Morgan fingerprint density at radius 2 is 1.74 bits per heavy atom. The topological polar surface area (TPSA) is 69.6 Å². The number of nitrogens with zero attached hydrogens (tertiary/aromatic N) is 1. The Bertz CT molecular complexity index is 323. The molecule has 2 amide bonds. The van der Waals surface area contributed by atoms with E-state index in [1.54, 1.807) is 11.9 Å². The zero-order valence-electron chi connectivity index (χ0n) is 13.2. The summed E-state index contributed by atoms with van der Waals surface area (Å²) in [7, 11) is 1.70. The number of urea groups is 1. The summed E-state index contributed by atoms with van der Waals surface area (Å²) in [5.74, 6) is -1.08. The molecule has 0 aromatic carbocycles. The number of rotatable bonds is 5. The van der Waals surface area contributed by atoms with Gasteiger partial charge in [0.05, 0.1) is 0 Å². The van der Waals surface area contributed by atoms with Gasteiger partial charge in [-0.1, -0.05) is 41.0 Å². The number of aliphatic carboxylic acids is 1. The van der Waals surface area contributed by atoms with Gasteiger partial charge in [-0.2, -0.15) is 0 Å². The molecule has 19 heavy (non-hydrogen) atoms. The van der Waals surface area contributed by atoms with E-state index in [0.717, 1.165) is 0 Å². The first kappa shape index (κ1) is 17.7. The van der Waals surface area contributed by atoms with Crippen molar-refractivity contribution in [2.75, 3.05) is 7.05 Å². The van der Waals surface area contributed by atoms with E-state index in [-0.39, 0.29) is 23.4 Å². The summed E-state index contributed by atoms with van der Waals surface area (Å²) >= 11 is 0. The van der Waals surface area contributed by atoms with E-state index in [0.29, 0.717) is 6.42 Å². The third kappa shape index (κ3) is 5.09. The van der Waals surface area contributed by atoms with Gasteiger partial charge in [0.15, 0.2) is 0 Å². The quantitative estimate of drug-likeness (QED) is 0.808. The van der Waals surface area contributed by atoms with Gasteiger partial charge in [0.2, 0.25) is 0 Å². The van der Waals surface area contributed by atoms with E-state index in [2.05, 4.69) is 5.32 Å². The molecular formula is C14H28N2O3. The first-order valence-corrected chi connectivity index (χ1v) is 6.78. The predicted molar refractivity (Wildman–Crippen MR) is 76.1 cm³/mol. The molecule has 0 aromatic heterocycles. The zero-order chi connectivity index (χ0) is 15.4. The number of carbonyl (C=O) groups is 2. The second-order valence-corrected chi connectivity index (χ2v) is 6.30. The van der Waals surface area contributed by atoms with Crippen molar-refractivity contribution >= 4 is 12.0 Å². The Kier molecular flexibility index (Phi) is 6.33. The first-order chi connectivity index (χ1) is 8.52. The van der Waals surface area contributed by atoms with Crippen molar-refractivity contribution in [1.82, 2.24) is 10.2 Å². The van der Waals surface area contributed by atoms with Crippen LogP contribution in [0.1, 0.15) is 48.0 Å². The van der Waals surface area contributed by atoms with Crippen molar-refractivity contribution < 1.29 is 14.7 Å². The van der Waals surface area contributed by atoms with E-state index in [1.807, 2.05) is 41.5 Å². The van der Waals surface area contributed by atoms with Gasteiger partial charge in [-0.3, -0.25) is 0 Å². The average Bonchev–Trinajstić information content (AvgIpc) is 2.31. The SMILES string of the molecule is CC[C@H](C)[C@H](NC(=O)N(C)C(C)C(C)(C)C)C(=O)O. The van der Waals surface area contributed by atoms with E-state index in [9.17, 15) is 14.7 Å². The normalized spacial score (nSPS) is 16.4. The van der Waals surface area contributed by atoms with Crippen molar-refractivity contribution in [3.8, 4) is 0 Å². The van der Waals surface area contributed by atoms with Crippen molar-refractivity contribution in [2.45, 2.75) is 60.0 Å². The van der Waals surface area contributed by atoms with Gasteiger partial charge in [0, 0.05) is 13.1 Å². The largest absolute Gasteiger partial charge is 0.480 e. The molecule has 1 unspecified atom stereocenters. The van der Waals surface area contributed by atoms with Gasteiger partial charge in [-0.25, -0.2) is 9.59 Å². The molecule has 0 spiro atoms. The van der Waals surface area contributed by atoms with Gasteiger partial charge in [0.1, 0.15) is 6.04 Å². The van der Waals surface area contributed by atoms with Crippen LogP contribution in [0.3, 0.4) is 0 Å². The highest BCUT2D eigenvalue weighted by molar-refractivity contribution is 5.82. The van der Waals surface area contributed by atoms with E-state index in [1.165, 1.54) is 0 Å². The molecule has 2 N–H and O–H groups in total. The zero-order valence-corrected chi connectivity index (χ0v) is 13.2. The molecular weight excluding hydrogens is 244 g/mol. The summed E-state index contributed by atoms with van der Waals surface area (Å²) in [6, 6.07) is -1.17. The lowest BCUT2D eigenvalue weighted by atomic mass is 9.87. The summed E-state index contributed by atoms with van der Waals surface area (Å²) in [6.45, 7) is 11.8. The maximum atomic E-state index is 12.1. The Morgan fingerprint density at radius 1 is 1.26 bits per heavy atom. The lowest BCUT2D eigenvalue weighted by molar-refractivity contribution is -0.140. The van der Waals surface area contributed by atoms with Crippen LogP contribution >= 0.6 is 0 Å². The highest BCUT2D eigenvalue weighted by Gasteiger charge is 2.31. The van der Waals surface area contributed by atoms with Gasteiger partial charge in [0.25, 0.3) is 0 Å². The molecule has 112 valence electrons. The standard InChI is InChI=1S/C14H28N2O3/c1-8-9(2)11(12(17)18)15-13(19)16(7)10(3)14(4,5)6/h9-11H,8H2,1-7H3,(H,15,19)(H,17,18)/t9-,10?,11-/m0/s1. The van der Waals surface area contributed by atoms with Gasteiger partial charge < -0.3 is 15.3 Å². The highest BCUT2D eigenvalue weighted by Crippen LogP contribution is 2.23. The lowest BCUT2D eigenvalue weighted by Crippen LogP contribution is -2.53. The molecule has 0 bridgehead atoms. The first-order valence-electron chi connectivity index (χ1n) is 6.78. The molecule has 3 atom stereocenters. The van der Waals surface area contributed by atoms with Crippen LogP contribution in [0.2, 0.25) is 0 Å². The lowest BCUT2D eigenvalue weighted by Gasteiger charge is -2.36. The van der Waals surface area contributed by atoms with Crippen LogP contribution in [0.5, 0.6) is 0 Å². The van der Waals surface area contributed by atoms with Crippen molar-refractivity contribution in [3.63, 3.8) is 0 Å². The predicted octanol–water partition coefficient (Wildman–Crippen LogP) is 2.56. The van der Waals surface area contributed by atoms with E-state index in [4.69, 9.17) is 0 Å². The van der Waals surface area contributed by atoms with E-state index < -0.39 is 12.0 Å². The second-order valence-electron chi connectivity index (χ2n) is 6.30. The second kappa shape index (κ2) is 6.78. The van der Waals surface area contributed by atoms with Crippen molar-refractivity contribution in [2.24, 2.45) is 11.3 Å². The number of nitrogens with one attached hydrogen (secondary N) is 1. The maximum absolute atomic E-state index is 12.1. The Hall–Kier alpha value is -1.26. The highest BCUT2D eigenvalue weighted by atomic mass is 16.4. The van der Waals surface area contributed by atoms with Crippen LogP contribution in [0.15, 0.2) is 0 Å². The molecule has 0 aromatic rings. The summed E-state index contributed by atoms with van der Waals surface area (Å²) < 4.78 is 0. The van der Waals surface area contributed by atoms with Crippen molar-refractivity contribution in [3.05, 3.63) is 0 Å². The molecule has 0 aliphatic heterocycles. The number of carboxylic acids is 1. The monoisotopic (exact) mass is 272 g/mol. The molecule has 0 fully saturated rings. The summed E-state index contributed by atoms with van der Waals surface area (Å²) in [5, 5.41) is 11.8. The molecule has 5 heteroatoms. The third-order valence-electron chi connectivity index (χ3n) is 3.91. The molecule has 0 saturated carbocycles. The van der Waals surface area contributed by atoms with Crippen LogP contribution in [0, 0.1) is 11.3 Å². The number of carboxylic acid groups (broad SMARTS) is 1. The average molecular weight is 272 g/mol. The Balaban J connectivity index is 4.79. The fraction of sp³-hybridized carbons (Fsp3) is 0.857. The van der Waals surface area contributed by atoms with Gasteiger partial charge >= 0.3 is 12.0 Å². The Labute approximate surface area is 116 Å². The summed E-state index contributed by atoms with van der Waals surface area (Å²) in [5.41, 5.74) is -0.0544. The number of amides is 2. The number of hydrogen-bond acceptors (Lipinski definition) is 2.